The summed E-state index contributed by atoms with van der Waals surface area (Å²) in [7, 11) is 0. The van der Waals surface area contributed by atoms with Gasteiger partial charge in [0.25, 0.3) is 0 Å². The molecular weight excluding hydrogens is 406 g/mol. The van der Waals surface area contributed by atoms with Crippen LogP contribution in [-0.4, -0.2) is 25.7 Å². The highest BCUT2D eigenvalue weighted by Crippen LogP contribution is 2.47. The van der Waals surface area contributed by atoms with E-state index >= 15 is 0 Å². The van der Waals surface area contributed by atoms with E-state index in [-0.39, 0.29) is 16.8 Å². The fraction of sp³-hybridized carbons (Fsp3) is 0.500. The Morgan fingerprint density at radius 2 is 1.39 bits per heavy atom. The summed E-state index contributed by atoms with van der Waals surface area (Å²) >= 11 is 0. The molecule has 33 heavy (non-hydrogen) atoms. The summed E-state index contributed by atoms with van der Waals surface area (Å²) in [5.74, 6) is -0.284. The van der Waals surface area contributed by atoms with Crippen molar-refractivity contribution in [3.05, 3.63) is 76.4 Å². The van der Waals surface area contributed by atoms with Crippen LogP contribution in [0.4, 0.5) is 0 Å². The van der Waals surface area contributed by atoms with Crippen molar-refractivity contribution in [2.45, 2.75) is 79.1 Å². The third kappa shape index (κ3) is 6.35. The van der Waals surface area contributed by atoms with E-state index in [9.17, 15) is 4.79 Å². The zero-order valence-corrected chi connectivity index (χ0v) is 22.0. The Labute approximate surface area is 201 Å². The van der Waals surface area contributed by atoms with Gasteiger partial charge in [-0.15, -0.1) is 0 Å². The lowest BCUT2D eigenvalue weighted by Crippen LogP contribution is -2.34. The number of fused-ring (bicyclic) bond motifs is 1. The Morgan fingerprint density at radius 1 is 0.909 bits per heavy atom. The van der Waals surface area contributed by atoms with Crippen LogP contribution < -0.4 is 5.32 Å². The van der Waals surface area contributed by atoms with Crippen LogP contribution in [0.3, 0.4) is 0 Å². The molecule has 0 unspecified atom stereocenters. The molecule has 0 aliphatic heterocycles. The molecular formula is C30H43NO2. The third-order valence-electron chi connectivity index (χ3n) is 6.77. The van der Waals surface area contributed by atoms with E-state index in [1.54, 1.807) is 0 Å². The third-order valence-corrected chi connectivity index (χ3v) is 6.77. The topological polar surface area (TPSA) is 38.3 Å². The first-order chi connectivity index (χ1) is 15.5. The fourth-order valence-electron chi connectivity index (χ4n) is 4.47. The molecule has 3 rings (SSSR count). The molecule has 1 aliphatic rings. The molecule has 0 aromatic heterocycles. The van der Waals surface area contributed by atoms with E-state index in [0.717, 1.165) is 24.2 Å². The molecule has 0 saturated heterocycles. The standard InChI is InChI=1S/C26H32O2.C4H11N/c1-8-28-24(27)20-11-9-19(10-12-20)18(3)21-16-23-22(15-17(21)2)25(4,5)13-14-26(23,6)7;1-3-5-4-2/h9-12,15-16H,3,8,13-14H2,1-2,4-7H3;5H,3-4H2,1-2H3. The average Bonchev–Trinajstić information content (AvgIpc) is 2.77. The van der Waals surface area contributed by atoms with Gasteiger partial charge in [0.05, 0.1) is 12.2 Å². The van der Waals surface area contributed by atoms with Crippen molar-refractivity contribution in [1.29, 1.82) is 0 Å². The Hall–Kier alpha value is -2.39. The molecule has 0 radical (unpaired) electrons. The lowest BCUT2D eigenvalue weighted by molar-refractivity contribution is 0.0526. The summed E-state index contributed by atoms with van der Waals surface area (Å²) in [4.78, 5) is 11.9. The Kier molecular flexibility index (Phi) is 9.08. The highest BCUT2D eigenvalue weighted by atomic mass is 16.5. The van der Waals surface area contributed by atoms with Gasteiger partial charge in [0.15, 0.2) is 0 Å². The van der Waals surface area contributed by atoms with E-state index in [2.05, 4.69) is 72.5 Å². The first kappa shape index (κ1) is 26.9. The maximum atomic E-state index is 11.9. The van der Waals surface area contributed by atoms with E-state index in [1.807, 2.05) is 31.2 Å². The van der Waals surface area contributed by atoms with E-state index in [1.165, 1.54) is 35.1 Å². The van der Waals surface area contributed by atoms with Gasteiger partial charge in [0.2, 0.25) is 0 Å². The van der Waals surface area contributed by atoms with E-state index in [4.69, 9.17) is 4.74 Å². The summed E-state index contributed by atoms with van der Waals surface area (Å²) < 4.78 is 5.08. The number of carbonyl (C=O) groups is 1. The normalized spacial score (nSPS) is 15.6. The van der Waals surface area contributed by atoms with Gasteiger partial charge in [-0.2, -0.15) is 0 Å². The largest absolute Gasteiger partial charge is 0.462 e. The van der Waals surface area contributed by atoms with Crippen molar-refractivity contribution in [2.75, 3.05) is 19.7 Å². The number of esters is 1. The highest BCUT2D eigenvalue weighted by Gasteiger charge is 2.37. The Morgan fingerprint density at radius 3 is 1.85 bits per heavy atom. The van der Waals surface area contributed by atoms with Crippen LogP contribution in [-0.2, 0) is 15.6 Å². The summed E-state index contributed by atoms with van der Waals surface area (Å²) in [6.45, 7) is 24.5. The summed E-state index contributed by atoms with van der Waals surface area (Å²) in [5, 5.41) is 3.11. The number of nitrogens with one attached hydrogen (secondary N) is 1. The second-order valence-electron chi connectivity index (χ2n) is 10.2. The monoisotopic (exact) mass is 449 g/mol. The number of hydrogen-bond acceptors (Lipinski definition) is 3. The van der Waals surface area contributed by atoms with Gasteiger partial charge in [-0.05, 0) is 96.1 Å². The van der Waals surface area contributed by atoms with Crippen molar-refractivity contribution in [1.82, 2.24) is 5.32 Å². The molecule has 0 saturated carbocycles. The minimum Gasteiger partial charge on any atom is -0.462 e. The van der Waals surface area contributed by atoms with Gasteiger partial charge in [-0.3, -0.25) is 0 Å². The second-order valence-corrected chi connectivity index (χ2v) is 10.2. The van der Waals surface area contributed by atoms with Gasteiger partial charge in [0, 0.05) is 0 Å². The molecule has 0 heterocycles. The molecule has 0 spiro atoms. The number of benzene rings is 2. The smallest absolute Gasteiger partial charge is 0.338 e. The van der Waals surface area contributed by atoms with Gasteiger partial charge < -0.3 is 10.1 Å². The summed E-state index contributed by atoms with van der Waals surface area (Å²) in [5.41, 5.74) is 8.32. The SMILES string of the molecule is C=C(c1ccc(C(=O)OCC)cc1)c1cc2c(cc1C)C(C)(C)CCC2(C)C.CCNCC. The second kappa shape index (κ2) is 11.2. The minimum atomic E-state index is -0.284. The molecule has 1 N–H and O–H groups in total. The molecule has 0 atom stereocenters. The van der Waals surface area contributed by atoms with Gasteiger partial charge >= 0.3 is 5.97 Å². The maximum Gasteiger partial charge on any atom is 0.338 e. The highest BCUT2D eigenvalue weighted by molar-refractivity contribution is 5.90. The molecule has 2 aromatic carbocycles. The predicted molar refractivity (Wildman–Crippen MR) is 141 cm³/mol. The maximum absolute atomic E-state index is 11.9. The molecule has 180 valence electrons. The first-order valence-electron chi connectivity index (χ1n) is 12.3. The van der Waals surface area contributed by atoms with Crippen molar-refractivity contribution < 1.29 is 9.53 Å². The lowest BCUT2D eigenvalue weighted by Gasteiger charge is -2.42. The summed E-state index contributed by atoms with van der Waals surface area (Å²) in [6.07, 6.45) is 2.40. The number of carbonyl (C=O) groups excluding carboxylic acids is 1. The number of aryl methyl sites for hydroxylation is 1. The van der Waals surface area contributed by atoms with E-state index in [0.29, 0.717) is 12.2 Å². The predicted octanol–water partition coefficient (Wildman–Crippen LogP) is 7.20. The molecule has 3 nitrogen and oxygen atoms in total. The Bertz CT molecular complexity index is 966. The van der Waals surface area contributed by atoms with Gasteiger partial charge in [-0.1, -0.05) is 72.4 Å². The molecule has 3 heteroatoms. The van der Waals surface area contributed by atoms with Crippen LogP contribution in [0.1, 0.15) is 99.5 Å². The number of hydrogen-bond donors (Lipinski definition) is 1. The van der Waals surface area contributed by atoms with Crippen molar-refractivity contribution in [3.8, 4) is 0 Å². The van der Waals surface area contributed by atoms with Crippen LogP contribution in [0.15, 0.2) is 43.0 Å². The van der Waals surface area contributed by atoms with E-state index < -0.39 is 0 Å². The molecule has 2 aromatic rings. The molecule has 0 bridgehead atoms. The van der Waals surface area contributed by atoms with Gasteiger partial charge in [0.1, 0.15) is 0 Å². The average molecular weight is 450 g/mol. The lowest BCUT2D eigenvalue weighted by atomic mass is 9.62. The Balaban J connectivity index is 0.000000696. The minimum absolute atomic E-state index is 0.168. The van der Waals surface area contributed by atoms with Crippen LogP contribution in [0.5, 0.6) is 0 Å². The number of ether oxygens (including phenoxy) is 1. The first-order valence-corrected chi connectivity index (χ1v) is 12.3. The van der Waals surface area contributed by atoms with Crippen molar-refractivity contribution in [3.63, 3.8) is 0 Å². The van der Waals surface area contributed by atoms with Crippen molar-refractivity contribution in [2.24, 2.45) is 0 Å². The number of rotatable bonds is 6. The fourth-order valence-corrected chi connectivity index (χ4v) is 4.47. The van der Waals surface area contributed by atoms with Crippen LogP contribution in [0, 0.1) is 6.92 Å². The van der Waals surface area contributed by atoms with Gasteiger partial charge in [-0.25, -0.2) is 4.79 Å². The van der Waals surface area contributed by atoms with Crippen LogP contribution in [0.25, 0.3) is 5.57 Å². The summed E-state index contributed by atoms with van der Waals surface area (Å²) in [6, 6.07) is 12.3. The zero-order valence-electron chi connectivity index (χ0n) is 22.0. The molecule has 0 fully saturated rings. The molecule has 0 amide bonds. The van der Waals surface area contributed by atoms with Crippen molar-refractivity contribution >= 4 is 11.5 Å². The zero-order chi connectivity index (χ0) is 24.8. The van der Waals surface area contributed by atoms with Crippen LogP contribution in [0.2, 0.25) is 0 Å². The molecule has 1 aliphatic carbocycles. The van der Waals surface area contributed by atoms with Crippen LogP contribution >= 0.6 is 0 Å². The quantitative estimate of drug-likeness (QED) is 0.474.